The number of thioether (sulfide) groups is 2. The molecule has 0 spiro atoms. The molecule has 0 saturated heterocycles. The predicted molar refractivity (Wildman–Crippen MR) is 70.9 cm³/mol. The lowest BCUT2D eigenvalue weighted by Gasteiger charge is -2.06. The number of allylic oxidation sites excluding steroid dienone is 2. The first-order valence-electron chi connectivity index (χ1n) is 5.68. The minimum Gasteiger partial charge on any atom is -0.192 e. The van der Waals surface area contributed by atoms with Crippen molar-refractivity contribution < 1.29 is 0 Å². The number of nitrogens with zero attached hydrogens (tertiary/aromatic N) is 2. The van der Waals surface area contributed by atoms with E-state index in [1.165, 1.54) is 25.7 Å². The van der Waals surface area contributed by atoms with Crippen molar-refractivity contribution in [3.63, 3.8) is 0 Å². The molecule has 0 aliphatic carbocycles. The highest BCUT2D eigenvalue weighted by Crippen LogP contribution is 2.29. The van der Waals surface area contributed by atoms with E-state index in [0.717, 1.165) is 24.3 Å². The van der Waals surface area contributed by atoms with Gasteiger partial charge in [0.15, 0.2) is 0 Å². The highest BCUT2D eigenvalue weighted by Gasteiger charge is 2.08. The van der Waals surface area contributed by atoms with Crippen LogP contribution in [0.25, 0.3) is 0 Å². The van der Waals surface area contributed by atoms with E-state index in [0.29, 0.717) is 9.81 Å². The zero-order valence-corrected chi connectivity index (χ0v) is 11.0. The Kier molecular flexibility index (Phi) is 7.21. The van der Waals surface area contributed by atoms with Crippen LogP contribution in [0.1, 0.15) is 38.5 Å². The number of nitriles is 2. The van der Waals surface area contributed by atoms with Gasteiger partial charge in [0, 0.05) is 0 Å². The Hall–Kier alpha value is -0.580. The van der Waals surface area contributed by atoms with Crippen LogP contribution in [0.2, 0.25) is 0 Å². The van der Waals surface area contributed by atoms with E-state index in [4.69, 9.17) is 10.5 Å². The maximum Gasteiger partial charge on any atom is 0.109 e. The van der Waals surface area contributed by atoms with E-state index in [1.54, 1.807) is 23.5 Å². The average molecular weight is 252 g/mol. The summed E-state index contributed by atoms with van der Waals surface area (Å²) in [6.45, 7) is 0. The molecule has 1 rings (SSSR count). The van der Waals surface area contributed by atoms with E-state index in [2.05, 4.69) is 12.1 Å². The van der Waals surface area contributed by atoms with E-state index in [1.807, 2.05) is 0 Å². The molecule has 1 aliphatic heterocycles. The Labute approximate surface area is 106 Å². The largest absolute Gasteiger partial charge is 0.192 e. The Balaban J connectivity index is 2.63. The van der Waals surface area contributed by atoms with Crippen LogP contribution >= 0.6 is 23.5 Å². The lowest BCUT2D eigenvalue weighted by atomic mass is 10.1. The molecule has 16 heavy (non-hydrogen) atoms. The summed E-state index contributed by atoms with van der Waals surface area (Å²) in [4.78, 5) is 1.24. The number of hydrogen-bond acceptors (Lipinski definition) is 4. The molecule has 0 fully saturated rings. The molecule has 0 aromatic carbocycles. The minimum absolute atomic E-state index is 0.619. The lowest BCUT2D eigenvalue weighted by Crippen LogP contribution is -1.90. The minimum atomic E-state index is 0.619. The highest BCUT2D eigenvalue weighted by molar-refractivity contribution is 8.07. The molecule has 0 bridgehead atoms. The molecule has 1 aliphatic rings. The van der Waals surface area contributed by atoms with E-state index >= 15 is 0 Å². The van der Waals surface area contributed by atoms with Crippen molar-refractivity contribution in [1.82, 2.24) is 0 Å². The van der Waals surface area contributed by atoms with Crippen LogP contribution in [-0.2, 0) is 0 Å². The number of rotatable bonds is 0. The van der Waals surface area contributed by atoms with Gasteiger partial charge in [0.25, 0.3) is 0 Å². The Morgan fingerprint density at radius 2 is 1.06 bits per heavy atom. The molecule has 0 radical (unpaired) electrons. The summed E-state index contributed by atoms with van der Waals surface area (Å²) in [6, 6.07) is 4.31. The second-order valence-electron chi connectivity index (χ2n) is 3.70. The van der Waals surface area contributed by atoms with Crippen molar-refractivity contribution in [2.24, 2.45) is 0 Å². The van der Waals surface area contributed by atoms with E-state index in [-0.39, 0.29) is 0 Å². The third-order valence-electron chi connectivity index (χ3n) is 2.44. The van der Waals surface area contributed by atoms with Gasteiger partial charge in [0.2, 0.25) is 0 Å². The molecule has 4 heteroatoms. The molecule has 0 atom stereocenters. The van der Waals surface area contributed by atoms with Crippen LogP contribution in [0.3, 0.4) is 0 Å². The Morgan fingerprint density at radius 1 is 0.688 bits per heavy atom. The van der Waals surface area contributed by atoms with Crippen molar-refractivity contribution >= 4 is 23.5 Å². The van der Waals surface area contributed by atoms with E-state index in [9.17, 15) is 0 Å². The molecule has 2 nitrogen and oxygen atoms in total. The van der Waals surface area contributed by atoms with Crippen LogP contribution in [0, 0.1) is 22.7 Å². The topological polar surface area (TPSA) is 47.6 Å². The summed E-state index contributed by atoms with van der Waals surface area (Å²) in [7, 11) is 0. The van der Waals surface area contributed by atoms with Crippen molar-refractivity contribution in [2.45, 2.75) is 38.5 Å². The van der Waals surface area contributed by atoms with Gasteiger partial charge in [0.05, 0.1) is 0 Å². The van der Waals surface area contributed by atoms with Gasteiger partial charge in [-0.15, -0.1) is 23.5 Å². The third-order valence-corrected chi connectivity index (χ3v) is 4.72. The second kappa shape index (κ2) is 8.56. The maximum absolute atomic E-state index is 9.00. The molecule has 86 valence electrons. The summed E-state index contributed by atoms with van der Waals surface area (Å²) in [6.07, 6.45) is 7.42. The van der Waals surface area contributed by atoms with Crippen LogP contribution in [0.5, 0.6) is 0 Å². The van der Waals surface area contributed by atoms with Crippen LogP contribution in [0.15, 0.2) is 9.81 Å². The smallest absolute Gasteiger partial charge is 0.109 e. The first-order valence-corrected chi connectivity index (χ1v) is 7.65. The predicted octanol–water partition coefficient (Wildman–Crippen LogP) is 4.07. The summed E-state index contributed by atoms with van der Waals surface area (Å²) < 4.78 is 0. The molecule has 0 N–H and O–H groups in total. The van der Waals surface area contributed by atoms with Crippen LogP contribution < -0.4 is 0 Å². The zero-order chi connectivity index (χ0) is 11.6. The van der Waals surface area contributed by atoms with Crippen LogP contribution in [0.4, 0.5) is 0 Å². The molecule has 1 heterocycles. The van der Waals surface area contributed by atoms with Gasteiger partial charge in [-0.05, 0) is 24.3 Å². The SMILES string of the molecule is N#C/C1=C(\C#N)SCCCCCCCCS1. The first-order chi connectivity index (χ1) is 7.88. The third kappa shape index (κ3) is 4.96. The fraction of sp³-hybridized carbons (Fsp3) is 0.667. The van der Waals surface area contributed by atoms with Gasteiger partial charge < -0.3 is 0 Å². The van der Waals surface area contributed by atoms with Gasteiger partial charge in [-0.2, -0.15) is 10.5 Å². The van der Waals surface area contributed by atoms with Gasteiger partial charge >= 0.3 is 0 Å². The van der Waals surface area contributed by atoms with E-state index < -0.39 is 0 Å². The summed E-state index contributed by atoms with van der Waals surface area (Å²) in [5, 5.41) is 18.0. The molecule has 0 amide bonds. The van der Waals surface area contributed by atoms with Gasteiger partial charge in [-0.25, -0.2) is 0 Å². The quantitative estimate of drug-likeness (QED) is 0.652. The molecular weight excluding hydrogens is 236 g/mol. The van der Waals surface area contributed by atoms with Gasteiger partial charge in [-0.1, -0.05) is 25.7 Å². The Bertz CT molecular complexity index is 291. The molecule has 0 unspecified atom stereocenters. The van der Waals surface area contributed by atoms with Gasteiger partial charge in [-0.3, -0.25) is 0 Å². The monoisotopic (exact) mass is 252 g/mol. The summed E-state index contributed by atoms with van der Waals surface area (Å²) >= 11 is 3.09. The van der Waals surface area contributed by atoms with Crippen molar-refractivity contribution in [3.05, 3.63) is 9.81 Å². The standard InChI is InChI=1S/C12H16N2S2/c13-9-11-12(10-14)16-8-6-4-2-1-3-5-7-15-11/h1-8H2/b12-11-. The van der Waals surface area contributed by atoms with Gasteiger partial charge in [0.1, 0.15) is 21.9 Å². The highest BCUT2D eigenvalue weighted by atomic mass is 32.2. The van der Waals surface area contributed by atoms with Crippen molar-refractivity contribution in [2.75, 3.05) is 11.5 Å². The maximum atomic E-state index is 9.00. The average Bonchev–Trinajstić information content (AvgIpc) is 2.30. The summed E-state index contributed by atoms with van der Waals surface area (Å²) in [5.74, 6) is 1.93. The fourth-order valence-electron chi connectivity index (χ4n) is 1.56. The second-order valence-corrected chi connectivity index (χ2v) is 5.91. The van der Waals surface area contributed by atoms with Crippen molar-refractivity contribution in [3.8, 4) is 12.1 Å². The lowest BCUT2D eigenvalue weighted by molar-refractivity contribution is 0.629. The first kappa shape index (κ1) is 13.5. The van der Waals surface area contributed by atoms with Crippen LogP contribution in [-0.4, -0.2) is 11.5 Å². The molecule has 0 aromatic heterocycles. The fourth-order valence-corrected chi connectivity index (χ4v) is 3.50. The molecule has 0 saturated carbocycles. The molecule has 0 aromatic rings. The molecular formula is C12H16N2S2. The number of hydrogen-bond donors (Lipinski definition) is 0. The Morgan fingerprint density at radius 3 is 1.44 bits per heavy atom. The van der Waals surface area contributed by atoms with Crippen molar-refractivity contribution in [1.29, 1.82) is 10.5 Å². The normalized spacial score (nSPS) is 24.6. The summed E-state index contributed by atoms with van der Waals surface area (Å²) in [5.41, 5.74) is 0. The zero-order valence-electron chi connectivity index (χ0n) is 9.37.